The minimum atomic E-state index is -0.290. The summed E-state index contributed by atoms with van der Waals surface area (Å²) in [5.41, 5.74) is 2.09. The number of aryl methyl sites for hydroxylation is 1. The van der Waals surface area contributed by atoms with E-state index in [2.05, 4.69) is 16.0 Å². The van der Waals surface area contributed by atoms with Gasteiger partial charge in [0.2, 0.25) is 11.8 Å². The maximum atomic E-state index is 11.9. The van der Waals surface area contributed by atoms with Gasteiger partial charge in [-0.2, -0.15) is 0 Å². The van der Waals surface area contributed by atoms with Gasteiger partial charge in [-0.1, -0.05) is 36.8 Å². The number of benzene rings is 1. The summed E-state index contributed by atoms with van der Waals surface area (Å²) in [6.45, 7) is 7.71. The summed E-state index contributed by atoms with van der Waals surface area (Å²) in [6, 6.07) is 7.56. The monoisotopic (exact) mass is 327 g/mol. The van der Waals surface area contributed by atoms with Crippen molar-refractivity contribution < 1.29 is 9.59 Å². The van der Waals surface area contributed by atoms with E-state index in [-0.39, 0.29) is 36.7 Å². The lowest BCUT2D eigenvalue weighted by atomic mass is 10.0. The van der Waals surface area contributed by atoms with Crippen molar-refractivity contribution in [3.05, 3.63) is 35.4 Å². The van der Waals surface area contributed by atoms with Crippen molar-refractivity contribution in [2.24, 2.45) is 0 Å². The zero-order valence-electron chi connectivity index (χ0n) is 13.4. The summed E-state index contributed by atoms with van der Waals surface area (Å²) >= 11 is 0. The van der Waals surface area contributed by atoms with Crippen LogP contribution >= 0.6 is 12.4 Å². The SMILES string of the molecule is CCNCCNC(=O)CC(NC(C)=O)c1ccc(C)cc1.Cl. The van der Waals surface area contributed by atoms with Gasteiger partial charge < -0.3 is 16.0 Å². The lowest BCUT2D eigenvalue weighted by Crippen LogP contribution is -2.35. The molecular formula is C16H26ClN3O2. The number of hydrogen-bond donors (Lipinski definition) is 3. The molecule has 1 aromatic rings. The molecule has 0 saturated heterocycles. The summed E-state index contributed by atoms with van der Waals surface area (Å²) in [5, 5.41) is 8.82. The number of halogens is 1. The average Bonchev–Trinajstić information content (AvgIpc) is 2.43. The molecule has 1 rings (SSSR count). The summed E-state index contributed by atoms with van der Waals surface area (Å²) in [6.07, 6.45) is 0.245. The molecule has 3 N–H and O–H groups in total. The Bertz CT molecular complexity index is 463. The molecule has 5 nitrogen and oxygen atoms in total. The van der Waals surface area contributed by atoms with Crippen LogP contribution in [0.5, 0.6) is 0 Å². The van der Waals surface area contributed by atoms with Gasteiger partial charge in [0.15, 0.2) is 0 Å². The highest BCUT2D eigenvalue weighted by atomic mass is 35.5. The Morgan fingerprint density at radius 2 is 1.77 bits per heavy atom. The van der Waals surface area contributed by atoms with Crippen LogP contribution in [0.25, 0.3) is 0 Å². The number of hydrogen-bond acceptors (Lipinski definition) is 3. The van der Waals surface area contributed by atoms with Gasteiger partial charge in [0, 0.05) is 20.0 Å². The molecule has 22 heavy (non-hydrogen) atoms. The van der Waals surface area contributed by atoms with Gasteiger partial charge in [-0.3, -0.25) is 9.59 Å². The van der Waals surface area contributed by atoms with Crippen LogP contribution in [0.3, 0.4) is 0 Å². The predicted octanol–water partition coefficient (Wildman–Crippen LogP) is 1.71. The Balaban J connectivity index is 0.00000441. The van der Waals surface area contributed by atoms with E-state index >= 15 is 0 Å². The first-order valence-electron chi connectivity index (χ1n) is 7.34. The molecule has 0 aliphatic carbocycles. The van der Waals surface area contributed by atoms with Gasteiger partial charge in [0.05, 0.1) is 12.5 Å². The molecule has 0 radical (unpaired) electrons. The van der Waals surface area contributed by atoms with E-state index in [9.17, 15) is 9.59 Å². The van der Waals surface area contributed by atoms with E-state index in [0.29, 0.717) is 6.54 Å². The first kappa shape index (κ1) is 20.4. The maximum absolute atomic E-state index is 11.9. The van der Waals surface area contributed by atoms with Crippen molar-refractivity contribution in [1.29, 1.82) is 0 Å². The lowest BCUT2D eigenvalue weighted by molar-refractivity contribution is -0.122. The molecule has 1 atom stereocenters. The third-order valence-corrected chi connectivity index (χ3v) is 3.12. The van der Waals surface area contributed by atoms with Crippen molar-refractivity contribution in [3.8, 4) is 0 Å². The van der Waals surface area contributed by atoms with Crippen molar-refractivity contribution in [3.63, 3.8) is 0 Å². The van der Waals surface area contributed by atoms with Gasteiger partial charge in [-0.25, -0.2) is 0 Å². The van der Waals surface area contributed by atoms with Crippen LogP contribution in [0.4, 0.5) is 0 Å². The Kier molecular flexibility index (Phi) is 10.2. The number of amides is 2. The predicted molar refractivity (Wildman–Crippen MR) is 91.2 cm³/mol. The molecule has 0 aliphatic heterocycles. The highest BCUT2D eigenvalue weighted by molar-refractivity contribution is 5.85. The molecule has 0 heterocycles. The normalized spacial score (nSPS) is 11.2. The Hall–Kier alpha value is -1.59. The van der Waals surface area contributed by atoms with E-state index < -0.39 is 0 Å². The number of likely N-dealkylation sites (N-methyl/N-ethyl adjacent to an activating group) is 1. The van der Waals surface area contributed by atoms with Crippen LogP contribution in [0.2, 0.25) is 0 Å². The van der Waals surface area contributed by atoms with Gasteiger partial charge >= 0.3 is 0 Å². The molecule has 1 aromatic carbocycles. The standard InChI is InChI=1S/C16H25N3O2.ClH/c1-4-17-9-10-18-16(21)11-15(19-13(3)20)14-7-5-12(2)6-8-14;/h5-8,15,17H,4,9-11H2,1-3H3,(H,18,21)(H,19,20);1H. The molecule has 0 aliphatic rings. The zero-order valence-corrected chi connectivity index (χ0v) is 14.3. The van der Waals surface area contributed by atoms with Crippen LogP contribution in [0.15, 0.2) is 24.3 Å². The van der Waals surface area contributed by atoms with Crippen molar-refractivity contribution in [2.75, 3.05) is 19.6 Å². The number of rotatable bonds is 8. The van der Waals surface area contributed by atoms with Crippen molar-refractivity contribution in [2.45, 2.75) is 33.2 Å². The summed E-state index contributed by atoms with van der Waals surface area (Å²) in [7, 11) is 0. The van der Waals surface area contributed by atoms with Crippen LogP contribution in [-0.4, -0.2) is 31.4 Å². The molecule has 2 amide bonds. The maximum Gasteiger partial charge on any atom is 0.222 e. The van der Waals surface area contributed by atoms with Gasteiger partial charge in [0.25, 0.3) is 0 Å². The largest absolute Gasteiger partial charge is 0.355 e. The van der Waals surface area contributed by atoms with E-state index in [1.165, 1.54) is 6.92 Å². The van der Waals surface area contributed by atoms with Gasteiger partial charge in [-0.05, 0) is 19.0 Å². The summed E-state index contributed by atoms with van der Waals surface area (Å²) in [5.74, 6) is -0.201. The highest BCUT2D eigenvalue weighted by Gasteiger charge is 2.16. The third-order valence-electron chi connectivity index (χ3n) is 3.12. The van der Waals surface area contributed by atoms with E-state index in [1.807, 2.05) is 38.1 Å². The minimum absolute atomic E-state index is 0. The first-order chi connectivity index (χ1) is 10.0. The molecule has 1 unspecified atom stereocenters. The minimum Gasteiger partial charge on any atom is -0.355 e. The van der Waals surface area contributed by atoms with Crippen LogP contribution in [0, 0.1) is 6.92 Å². The number of carbonyl (C=O) groups is 2. The molecule has 124 valence electrons. The highest BCUT2D eigenvalue weighted by Crippen LogP contribution is 2.17. The van der Waals surface area contributed by atoms with Gasteiger partial charge in [-0.15, -0.1) is 12.4 Å². The number of nitrogens with one attached hydrogen (secondary N) is 3. The first-order valence-corrected chi connectivity index (χ1v) is 7.34. The average molecular weight is 328 g/mol. The molecule has 0 saturated carbocycles. The Morgan fingerprint density at radius 1 is 1.14 bits per heavy atom. The second-order valence-corrected chi connectivity index (χ2v) is 5.07. The van der Waals surface area contributed by atoms with Crippen LogP contribution in [0.1, 0.15) is 37.4 Å². The molecule has 0 fully saturated rings. The molecule has 0 bridgehead atoms. The molecule has 0 aromatic heterocycles. The smallest absolute Gasteiger partial charge is 0.222 e. The van der Waals surface area contributed by atoms with Crippen LogP contribution in [-0.2, 0) is 9.59 Å². The van der Waals surface area contributed by atoms with E-state index in [1.54, 1.807) is 0 Å². The topological polar surface area (TPSA) is 70.2 Å². The summed E-state index contributed by atoms with van der Waals surface area (Å²) < 4.78 is 0. The zero-order chi connectivity index (χ0) is 15.7. The van der Waals surface area contributed by atoms with Crippen molar-refractivity contribution >= 4 is 24.2 Å². The van der Waals surface area contributed by atoms with E-state index in [4.69, 9.17) is 0 Å². The van der Waals surface area contributed by atoms with Gasteiger partial charge in [0.1, 0.15) is 0 Å². The Labute approximate surface area is 138 Å². The number of carbonyl (C=O) groups excluding carboxylic acids is 2. The second-order valence-electron chi connectivity index (χ2n) is 5.07. The Morgan fingerprint density at radius 3 is 2.32 bits per heavy atom. The second kappa shape index (κ2) is 11.0. The lowest BCUT2D eigenvalue weighted by Gasteiger charge is -2.18. The van der Waals surface area contributed by atoms with Crippen LogP contribution < -0.4 is 16.0 Å². The fourth-order valence-corrected chi connectivity index (χ4v) is 2.02. The molecule has 0 spiro atoms. The third kappa shape index (κ3) is 8.00. The van der Waals surface area contributed by atoms with Crippen molar-refractivity contribution in [1.82, 2.24) is 16.0 Å². The fraction of sp³-hybridized carbons (Fsp3) is 0.500. The molecule has 6 heteroatoms. The summed E-state index contributed by atoms with van der Waals surface area (Å²) in [4.78, 5) is 23.3. The molecular weight excluding hydrogens is 302 g/mol. The fourth-order valence-electron chi connectivity index (χ4n) is 2.02. The van der Waals surface area contributed by atoms with E-state index in [0.717, 1.165) is 24.2 Å². The quantitative estimate of drug-likeness (QED) is 0.637.